The first kappa shape index (κ1) is 13.7. The molecule has 1 fully saturated rings. The molecule has 1 unspecified atom stereocenters. The molecule has 5 nitrogen and oxygen atoms in total. The zero-order valence-electron chi connectivity index (χ0n) is 10.8. The molecule has 6 heteroatoms. The van der Waals surface area contributed by atoms with Crippen LogP contribution in [0.15, 0.2) is 11.4 Å². The van der Waals surface area contributed by atoms with Gasteiger partial charge in [0, 0.05) is 17.5 Å². The highest BCUT2D eigenvalue weighted by molar-refractivity contribution is 7.12. The maximum Gasteiger partial charge on any atom is 0.329 e. The number of likely N-dealkylation sites (tertiary alicyclic amines) is 1. The smallest absolute Gasteiger partial charge is 0.329 e. The van der Waals surface area contributed by atoms with E-state index in [1.165, 1.54) is 29.2 Å². The quantitative estimate of drug-likeness (QED) is 0.860. The van der Waals surface area contributed by atoms with Crippen LogP contribution in [0.25, 0.3) is 0 Å². The van der Waals surface area contributed by atoms with E-state index in [-0.39, 0.29) is 11.7 Å². The summed E-state index contributed by atoms with van der Waals surface area (Å²) in [5.41, 5.74) is -0.651. The number of rotatable bonds is 3. The Morgan fingerprint density at radius 2 is 2.11 bits per heavy atom. The molecule has 0 saturated carbocycles. The SMILES string of the molecule is CC(=O)c1csc(C(=O)N2CCCC2(C)C(=O)O)c1. The monoisotopic (exact) mass is 281 g/mol. The summed E-state index contributed by atoms with van der Waals surface area (Å²) in [5, 5.41) is 10.9. The van der Waals surface area contributed by atoms with Gasteiger partial charge in [-0.05, 0) is 32.8 Å². The van der Waals surface area contributed by atoms with E-state index in [1.807, 2.05) is 0 Å². The first-order valence-corrected chi connectivity index (χ1v) is 6.89. The number of Topliss-reactive ketones (excluding diaryl/α,β-unsaturated/α-hetero) is 1. The topological polar surface area (TPSA) is 74.7 Å². The zero-order chi connectivity index (χ0) is 14.2. The summed E-state index contributed by atoms with van der Waals surface area (Å²) < 4.78 is 0. The van der Waals surface area contributed by atoms with E-state index in [9.17, 15) is 19.5 Å². The molecule has 102 valence electrons. The predicted octanol–water partition coefficient (Wildman–Crippen LogP) is 2.03. The van der Waals surface area contributed by atoms with Crippen LogP contribution in [-0.4, -0.2) is 39.7 Å². The maximum atomic E-state index is 12.4. The van der Waals surface area contributed by atoms with E-state index in [4.69, 9.17) is 0 Å². The highest BCUT2D eigenvalue weighted by Gasteiger charge is 2.46. The first-order valence-electron chi connectivity index (χ1n) is 6.01. The Bertz CT molecular complexity index is 551. The highest BCUT2D eigenvalue weighted by atomic mass is 32.1. The van der Waals surface area contributed by atoms with Crippen LogP contribution in [0.5, 0.6) is 0 Å². The number of carboxylic acids is 1. The molecule has 0 aromatic carbocycles. The van der Waals surface area contributed by atoms with Gasteiger partial charge in [-0.3, -0.25) is 9.59 Å². The van der Waals surface area contributed by atoms with Crippen LogP contribution in [0.4, 0.5) is 0 Å². The number of thiophene rings is 1. The van der Waals surface area contributed by atoms with Crippen LogP contribution in [0, 0.1) is 0 Å². The van der Waals surface area contributed by atoms with Crippen LogP contribution in [0.2, 0.25) is 0 Å². The minimum atomic E-state index is -1.14. The molecular formula is C13H15NO4S. The molecule has 1 saturated heterocycles. The van der Waals surface area contributed by atoms with Crippen molar-refractivity contribution in [3.63, 3.8) is 0 Å². The van der Waals surface area contributed by atoms with Gasteiger partial charge in [-0.2, -0.15) is 0 Å². The number of ketones is 1. The van der Waals surface area contributed by atoms with E-state index in [0.29, 0.717) is 29.8 Å². The van der Waals surface area contributed by atoms with Crippen LogP contribution in [-0.2, 0) is 4.79 Å². The summed E-state index contributed by atoms with van der Waals surface area (Å²) in [6, 6.07) is 1.54. The van der Waals surface area contributed by atoms with Gasteiger partial charge >= 0.3 is 5.97 Å². The van der Waals surface area contributed by atoms with Gasteiger partial charge < -0.3 is 10.0 Å². The first-order chi connectivity index (χ1) is 8.86. The molecule has 1 aromatic heterocycles. The minimum Gasteiger partial charge on any atom is -0.480 e. The Balaban J connectivity index is 2.28. The summed E-state index contributed by atoms with van der Waals surface area (Å²) in [6.07, 6.45) is 1.14. The van der Waals surface area contributed by atoms with Gasteiger partial charge in [0.25, 0.3) is 5.91 Å². The summed E-state index contributed by atoms with van der Waals surface area (Å²) >= 11 is 1.18. The molecule has 1 aromatic rings. The third-order valence-electron chi connectivity index (χ3n) is 3.56. The Labute approximate surface area is 114 Å². The van der Waals surface area contributed by atoms with Gasteiger partial charge in [0.1, 0.15) is 5.54 Å². The van der Waals surface area contributed by atoms with Crippen molar-refractivity contribution in [2.45, 2.75) is 32.2 Å². The molecule has 1 N–H and O–H groups in total. The number of amides is 1. The summed E-state index contributed by atoms with van der Waals surface area (Å²) in [4.78, 5) is 36.7. The van der Waals surface area contributed by atoms with Gasteiger partial charge in [-0.15, -0.1) is 11.3 Å². The van der Waals surface area contributed by atoms with Gasteiger partial charge in [0.15, 0.2) is 5.78 Å². The van der Waals surface area contributed by atoms with Crippen molar-refractivity contribution < 1.29 is 19.5 Å². The van der Waals surface area contributed by atoms with E-state index in [2.05, 4.69) is 0 Å². The fourth-order valence-corrected chi connectivity index (χ4v) is 3.17. The Hall–Kier alpha value is -1.69. The molecule has 19 heavy (non-hydrogen) atoms. The van der Waals surface area contributed by atoms with Crippen molar-refractivity contribution in [1.82, 2.24) is 4.90 Å². The summed E-state index contributed by atoms with van der Waals surface area (Å²) in [6.45, 7) is 3.45. The number of hydrogen-bond acceptors (Lipinski definition) is 4. The number of hydrogen-bond donors (Lipinski definition) is 1. The average molecular weight is 281 g/mol. The van der Waals surface area contributed by atoms with Gasteiger partial charge in [0.05, 0.1) is 4.88 Å². The minimum absolute atomic E-state index is 0.0993. The van der Waals surface area contributed by atoms with E-state index in [1.54, 1.807) is 12.3 Å². The second-order valence-electron chi connectivity index (χ2n) is 4.90. The van der Waals surface area contributed by atoms with E-state index >= 15 is 0 Å². The normalized spacial score (nSPS) is 22.5. The maximum absolute atomic E-state index is 12.4. The molecule has 2 heterocycles. The molecule has 1 aliphatic heterocycles. The summed E-state index contributed by atoms with van der Waals surface area (Å²) in [5.74, 6) is -1.39. The largest absolute Gasteiger partial charge is 0.480 e. The standard InChI is InChI=1S/C13H15NO4S/c1-8(15)9-6-10(19-7-9)11(16)14-5-3-4-13(14,2)12(17)18/h6-7H,3-5H2,1-2H3,(H,17,18). The van der Waals surface area contributed by atoms with Gasteiger partial charge in [-0.1, -0.05) is 0 Å². The molecule has 0 spiro atoms. The molecule has 2 rings (SSSR count). The lowest BCUT2D eigenvalue weighted by molar-refractivity contribution is -0.147. The summed E-state index contributed by atoms with van der Waals surface area (Å²) in [7, 11) is 0. The van der Waals surface area contributed by atoms with E-state index < -0.39 is 11.5 Å². The van der Waals surface area contributed by atoms with Crippen LogP contribution < -0.4 is 0 Å². The zero-order valence-corrected chi connectivity index (χ0v) is 11.6. The second-order valence-corrected chi connectivity index (χ2v) is 5.81. The van der Waals surface area contributed by atoms with Crippen molar-refractivity contribution in [2.24, 2.45) is 0 Å². The molecule has 0 bridgehead atoms. The van der Waals surface area contributed by atoms with Gasteiger partial charge in [-0.25, -0.2) is 4.79 Å². The van der Waals surface area contributed by atoms with Crippen molar-refractivity contribution in [3.8, 4) is 0 Å². The lowest BCUT2D eigenvalue weighted by atomic mass is 9.99. The Kier molecular flexibility index (Phi) is 3.45. The Morgan fingerprint density at radius 3 is 2.63 bits per heavy atom. The fourth-order valence-electron chi connectivity index (χ4n) is 2.28. The number of carboxylic acid groups (broad SMARTS) is 1. The van der Waals surface area contributed by atoms with Gasteiger partial charge in [0.2, 0.25) is 0 Å². The molecule has 0 aliphatic carbocycles. The fraction of sp³-hybridized carbons (Fsp3) is 0.462. The predicted molar refractivity (Wildman–Crippen MR) is 70.6 cm³/mol. The number of carbonyl (C=O) groups is 3. The van der Waals surface area contributed by atoms with Crippen LogP contribution in [0.3, 0.4) is 0 Å². The lowest BCUT2D eigenvalue weighted by Crippen LogP contribution is -2.50. The van der Waals surface area contributed by atoms with Crippen molar-refractivity contribution >= 4 is 29.0 Å². The molecule has 1 atom stereocenters. The van der Waals surface area contributed by atoms with Crippen molar-refractivity contribution in [2.75, 3.05) is 6.54 Å². The molecule has 1 aliphatic rings. The highest BCUT2D eigenvalue weighted by Crippen LogP contribution is 2.32. The average Bonchev–Trinajstić information content (AvgIpc) is 2.95. The van der Waals surface area contributed by atoms with Crippen molar-refractivity contribution in [3.05, 3.63) is 21.9 Å². The third kappa shape index (κ3) is 2.28. The van der Waals surface area contributed by atoms with Crippen LogP contribution >= 0.6 is 11.3 Å². The Morgan fingerprint density at radius 1 is 1.42 bits per heavy atom. The molecular weight excluding hydrogens is 266 g/mol. The molecule has 0 radical (unpaired) electrons. The third-order valence-corrected chi connectivity index (χ3v) is 4.48. The van der Waals surface area contributed by atoms with Crippen molar-refractivity contribution in [1.29, 1.82) is 0 Å². The second kappa shape index (κ2) is 4.77. The van der Waals surface area contributed by atoms with E-state index in [0.717, 1.165) is 0 Å². The molecule has 1 amide bonds. The lowest BCUT2D eigenvalue weighted by Gasteiger charge is -2.30. The van der Waals surface area contributed by atoms with Crippen LogP contribution in [0.1, 0.15) is 46.7 Å². The number of carbonyl (C=O) groups excluding carboxylic acids is 2. The number of aliphatic carboxylic acids is 1. The number of nitrogens with zero attached hydrogens (tertiary/aromatic N) is 1.